The number of halogens is 2. The number of carbonyl (C=O) groups excluding carboxylic acids is 2. The second-order valence-corrected chi connectivity index (χ2v) is 6.13. The van der Waals surface area contributed by atoms with Crippen molar-refractivity contribution in [1.29, 1.82) is 0 Å². The Morgan fingerprint density at radius 3 is 2.68 bits per heavy atom. The Labute approximate surface area is 137 Å². The van der Waals surface area contributed by atoms with Crippen molar-refractivity contribution in [2.24, 2.45) is 5.92 Å². The van der Waals surface area contributed by atoms with Gasteiger partial charge in [0.25, 0.3) is 0 Å². The lowest BCUT2D eigenvalue weighted by Crippen LogP contribution is -2.41. The van der Waals surface area contributed by atoms with Crippen LogP contribution in [0.4, 0.5) is 4.39 Å². The number of nitrogens with one attached hydrogen (secondary N) is 1. The van der Waals surface area contributed by atoms with Crippen molar-refractivity contribution in [3.63, 3.8) is 0 Å². The van der Waals surface area contributed by atoms with Crippen LogP contribution in [0, 0.1) is 11.7 Å². The Morgan fingerprint density at radius 1 is 1.41 bits per heavy atom. The molecule has 0 aliphatic heterocycles. The third kappa shape index (κ3) is 5.97. The second-order valence-electron chi connectivity index (χ2n) is 5.21. The highest BCUT2D eigenvalue weighted by molar-refractivity contribution is 9.10. The van der Waals surface area contributed by atoms with Crippen molar-refractivity contribution in [1.82, 2.24) is 5.32 Å². The summed E-state index contributed by atoms with van der Waals surface area (Å²) in [6.07, 6.45) is 3.03. The summed E-state index contributed by atoms with van der Waals surface area (Å²) in [5.74, 6) is -1.19. The Hall–Kier alpha value is -1.69. The third-order valence-electron chi connectivity index (χ3n) is 2.88. The van der Waals surface area contributed by atoms with Crippen molar-refractivity contribution in [3.8, 4) is 0 Å². The summed E-state index contributed by atoms with van der Waals surface area (Å²) in [6, 6.07) is 3.72. The van der Waals surface area contributed by atoms with E-state index in [4.69, 9.17) is 0 Å². The maximum atomic E-state index is 13.6. The number of ether oxygens (including phenoxy) is 1. The minimum absolute atomic E-state index is 0.218. The van der Waals surface area contributed by atoms with Gasteiger partial charge in [-0.1, -0.05) is 29.8 Å². The molecule has 1 atom stereocenters. The van der Waals surface area contributed by atoms with Gasteiger partial charge in [-0.3, -0.25) is 4.79 Å². The zero-order valence-corrected chi connectivity index (χ0v) is 14.3. The lowest BCUT2D eigenvalue weighted by molar-refractivity contribution is -0.145. The predicted octanol–water partition coefficient (Wildman–Crippen LogP) is 3.31. The first-order chi connectivity index (χ1) is 10.3. The van der Waals surface area contributed by atoms with Gasteiger partial charge in [0.05, 0.1) is 7.11 Å². The maximum Gasteiger partial charge on any atom is 0.328 e. The molecule has 1 amide bonds. The van der Waals surface area contributed by atoms with Crippen LogP contribution in [0.25, 0.3) is 6.08 Å². The molecule has 0 aromatic heterocycles. The monoisotopic (exact) mass is 371 g/mol. The molecule has 22 heavy (non-hydrogen) atoms. The average Bonchev–Trinajstić information content (AvgIpc) is 2.46. The van der Waals surface area contributed by atoms with Gasteiger partial charge in [0.1, 0.15) is 11.9 Å². The number of hydrogen-bond donors (Lipinski definition) is 1. The van der Waals surface area contributed by atoms with E-state index in [0.717, 1.165) is 0 Å². The first-order valence-corrected chi connectivity index (χ1v) is 7.64. The first-order valence-electron chi connectivity index (χ1n) is 6.85. The Kier molecular flexibility index (Phi) is 7.24. The fraction of sp³-hybridized carbons (Fsp3) is 0.375. The number of esters is 1. The van der Waals surface area contributed by atoms with Crippen LogP contribution in [0.5, 0.6) is 0 Å². The molecule has 0 aliphatic carbocycles. The molecule has 4 nitrogen and oxygen atoms in total. The Bertz CT molecular complexity index is 573. The number of benzene rings is 1. The predicted molar refractivity (Wildman–Crippen MR) is 86.5 cm³/mol. The van der Waals surface area contributed by atoms with E-state index in [0.29, 0.717) is 10.9 Å². The largest absolute Gasteiger partial charge is 0.467 e. The molecule has 0 spiro atoms. The number of methoxy groups -OCH3 is 1. The van der Waals surface area contributed by atoms with Gasteiger partial charge in [0, 0.05) is 16.1 Å². The molecule has 0 saturated heterocycles. The maximum absolute atomic E-state index is 13.6. The van der Waals surface area contributed by atoms with E-state index < -0.39 is 23.7 Å². The van der Waals surface area contributed by atoms with Gasteiger partial charge in [-0.25, -0.2) is 9.18 Å². The van der Waals surface area contributed by atoms with E-state index in [-0.39, 0.29) is 11.5 Å². The van der Waals surface area contributed by atoms with E-state index in [2.05, 4.69) is 26.0 Å². The van der Waals surface area contributed by atoms with Gasteiger partial charge in [0.2, 0.25) is 5.91 Å². The molecule has 0 fully saturated rings. The molecule has 0 radical (unpaired) electrons. The van der Waals surface area contributed by atoms with Gasteiger partial charge in [-0.2, -0.15) is 0 Å². The van der Waals surface area contributed by atoms with Crippen molar-refractivity contribution in [2.45, 2.75) is 26.3 Å². The summed E-state index contributed by atoms with van der Waals surface area (Å²) >= 11 is 3.24. The average molecular weight is 372 g/mol. The summed E-state index contributed by atoms with van der Waals surface area (Å²) < 4.78 is 18.9. The minimum atomic E-state index is -0.713. The molecule has 1 rings (SSSR count). The third-order valence-corrected chi connectivity index (χ3v) is 3.37. The van der Waals surface area contributed by atoms with Gasteiger partial charge < -0.3 is 10.1 Å². The molecular weight excluding hydrogens is 353 g/mol. The van der Waals surface area contributed by atoms with E-state index in [1.54, 1.807) is 12.1 Å². The van der Waals surface area contributed by atoms with Crippen LogP contribution in [0.2, 0.25) is 0 Å². The van der Waals surface area contributed by atoms with E-state index >= 15 is 0 Å². The number of rotatable bonds is 6. The zero-order chi connectivity index (χ0) is 16.7. The summed E-state index contributed by atoms with van der Waals surface area (Å²) in [5.41, 5.74) is 0.281. The van der Waals surface area contributed by atoms with Crippen LogP contribution in [0.15, 0.2) is 28.7 Å². The standard InChI is InChI=1S/C16H19BrFNO3/c1-10(2)8-14(16(21)22-3)19-15(20)7-4-11-9-12(17)5-6-13(11)18/h4-7,9-10,14H,8H2,1-3H3,(H,19,20)/b7-4+. The first kappa shape index (κ1) is 18.4. The normalized spacial score (nSPS) is 12.5. The van der Waals surface area contributed by atoms with Crippen LogP contribution in [-0.2, 0) is 14.3 Å². The minimum Gasteiger partial charge on any atom is -0.467 e. The number of carbonyl (C=O) groups is 2. The zero-order valence-electron chi connectivity index (χ0n) is 12.7. The van der Waals surface area contributed by atoms with Crippen LogP contribution in [0.3, 0.4) is 0 Å². The van der Waals surface area contributed by atoms with E-state index in [1.165, 1.54) is 25.3 Å². The second kappa shape index (κ2) is 8.68. The van der Waals surface area contributed by atoms with Crippen LogP contribution < -0.4 is 5.32 Å². The molecule has 1 N–H and O–H groups in total. The highest BCUT2D eigenvalue weighted by atomic mass is 79.9. The lowest BCUT2D eigenvalue weighted by atomic mass is 10.0. The van der Waals surface area contributed by atoms with Gasteiger partial charge in [-0.15, -0.1) is 0 Å². The SMILES string of the molecule is COC(=O)C(CC(C)C)NC(=O)/C=C/c1cc(Br)ccc1F. The molecule has 1 aromatic carbocycles. The number of hydrogen-bond acceptors (Lipinski definition) is 3. The van der Waals surface area contributed by atoms with Crippen molar-refractivity contribution in [3.05, 3.63) is 40.1 Å². The smallest absolute Gasteiger partial charge is 0.328 e. The molecule has 0 saturated carbocycles. The van der Waals surface area contributed by atoms with Crippen molar-refractivity contribution < 1.29 is 18.7 Å². The lowest BCUT2D eigenvalue weighted by Gasteiger charge is -2.17. The van der Waals surface area contributed by atoms with Crippen molar-refractivity contribution in [2.75, 3.05) is 7.11 Å². The highest BCUT2D eigenvalue weighted by Crippen LogP contribution is 2.16. The van der Waals surface area contributed by atoms with E-state index in [1.807, 2.05) is 13.8 Å². The summed E-state index contributed by atoms with van der Waals surface area (Å²) in [6.45, 7) is 3.88. The van der Waals surface area contributed by atoms with Gasteiger partial charge >= 0.3 is 5.97 Å². The molecule has 0 bridgehead atoms. The summed E-state index contributed by atoms with van der Waals surface area (Å²) in [7, 11) is 1.27. The molecule has 120 valence electrons. The fourth-order valence-electron chi connectivity index (χ4n) is 1.86. The van der Waals surface area contributed by atoms with Crippen LogP contribution >= 0.6 is 15.9 Å². The Morgan fingerprint density at radius 2 is 2.09 bits per heavy atom. The van der Waals surface area contributed by atoms with Gasteiger partial charge in [0.15, 0.2) is 0 Å². The van der Waals surface area contributed by atoms with Crippen molar-refractivity contribution >= 4 is 33.9 Å². The molecule has 1 aromatic rings. The summed E-state index contributed by atoms with van der Waals surface area (Å²) in [4.78, 5) is 23.5. The highest BCUT2D eigenvalue weighted by Gasteiger charge is 2.21. The van der Waals surface area contributed by atoms with E-state index in [9.17, 15) is 14.0 Å². The van der Waals surface area contributed by atoms with Crippen LogP contribution in [0.1, 0.15) is 25.8 Å². The quantitative estimate of drug-likeness (QED) is 0.616. The fourth-order valence-corrected chi connectivity index (χ4v) is 2.23. The molecule has 1 unspecified atom stereocenters. The van der Waals surface area contributed by atoms with Crippen LogP contribution in [-0.4, -0.2) is 25.0 Å². The molecule has 0 heterocycles. The Balaban J connectivity index is 2.76. The molecule has 6 heteroatoms. The topological polar surface area (TPSA) is 55.4 Å². The summed E-state index contributed by atoms with van der Waals surface area (Å²) in [5, 5.41) is 2.57. The molecule has 0 aliphatic rings. The number of amides is 1. The van der Waals surface area contributed by atoms with Gasteiger partial charge in [-0.05, 0) is 36.6 Å². The molecular formula is C16H19BrFNO3.